The minimum Gasteiger partial charge on any atom is -0.274 e. The van der Waals surface area contributed by atoms with Crippen molar-refractivity contribution in [3.8, 4) is 0 Å². The number of benzene rings is 2. The SMILES string of the molecule is Cc1ccc(S(=O)(=O)n2ccc3c2ncc2nnc(C45CCC(NS(=O)(=O)c6ccc(Cl)cc6)(CC4)CC5)n23)cc1. The predicted octanol–water partition coefficient (Wildman–Crippen LogP) is 4.60. The van der Waals surface area contributed by atoms with Gasteiger partial charge in [-0.25, -0.2) is 30.5 Å². The molecule has 1 N–H and O–H groups in total. The molecule has 2 aromatic carbocycles. The van der Waals surface area contributed by atoms with Crippen LogP contribution in [0.2, 0.25) is 5.02 Å². The van der Waals surface area contributed by atoms with Gasteiger partial charge in [0.2, 0.25) is 10.0 Å². The van der Waals surface area contributed by atoms with Crippen molar-refractivity contribution in [2.75, 3.05) is 0 Å². The van der Waals surface area contributed by atoms with Gasteiger partial charge in [-0.3, -0.25) is 4.40 Å². The van der Waals surface area contributed by atoms with Gasteiger partial charge in [0.25, 0.3) is 10.0 Å². The van der Waals surface area contributed by atoms with Crippen LogP contribution < -0.4 is 4.72 Å². The molecule has 8 rings (SSSR count). The summed E-state index contributed by atoms with van der Waals surface area (Å²) in [6.07, 6.45) is 7.22. The number of sulfonamides is 1. The average Bonchev–Trinajstić information content (AvgIpc) is 3.59. The molecule has 0 radical (unpaired) electrons. The number of hydrogen-bond acceptors (Lipinski definition) is 7. The van der Waals surface area contributed by atoms with Gasteiger partial charge in [-0.15, -0.1) is 10.2 Å². The Balaban J connectivity index is 1.22. The number of hydrogen-bond donors (Lipinski definition) is 1. The lowest BCUT2D eigenvalue weighted by Crippen LogP contribution is -2.58. The van der Waals surface area contributed by atoms with E-state index in [9.17, 15) is 16.8 Å². The smallest absolute Gasteiger partial charge is 0.269 e. The Morgan fingerprint density at radius 1 is 0.829 bits per heavy atom. The van der Waals surface area contributed by atoms with Crippen LogP contribution in [0.15, 0.2) is 76.8 Å². The van der Waals surface area contributed by atoms with Gasteiger partial charge in [0.05, 0.1) is 21.5 Å². The maximum Gasteiger partial charge on any atom is 0.269 e. The van der Waals surface area contributed by atoms with Gasteiger partial charge >= 0.3 is 0 Å². The van der Waals surface area contributed by atoms with Crippen molar-refractivity contribution in [1.29, 1.82) is 0 Å². The van der Waals surface area contributed by atoms with Gasteiger partial charge in [-0.2, -0.15) is 0 Å². The maximum absolute atomic E-state index is 13.5. The van der Waals surface area contributed by atoms with Crippen molar-refractivity contribution in [2.45, 2.75) is 66.2 Å². The topological polar surface area (TPSA) is 128 Å². The summed E-state index contributed by atoms with van der Waals surface area (Å²) >= 11 is 5.95. The normalized spacial score (nSPS) is 23.0. The van der Waals surface area contributed by atoms with Gasteiger partial charge in [-0.1, -0.05) is 29.3 Å². The molecule has 0 unspecified atom stereocenters. The summed E-state index contributed by atoms with van der Waals surface area (Å²) in [5, 5.41) is 9.46. The standard InChI is InChI=1S/C28H27ClN6O4S2/c1-19-2-6-22(7-3-19)41(38,39)34-17-10-23-25(34)30-18-24-31-32-26(35(23)24)27-11-14-28(15-12-27,16-13-27)33-40(36,37)21-8-4-20(29)5-9-21/h2-10,17-18,33H,11-16H2,1H3. The summed E-state index contributed by atoms with van der Waals surface area (Å²) in [5.74, 6) is 0.763. The van der Waals surface area contributed by atoms with Crippen molar-refractivity contribution >= 4 is 48.5 Å². The highest BCUT2D eigenvalue weighted by Crippen LogP contribution is 2.53. The number of nitrogens with zero attached hydrogens (tertiary/aromatic N) is 5. The molecule has 3 aliphatic carbocycles. The van der Waals surface area contributed by atoms with E-state index in [1.165, 1.54) is 22.3 Å². The van der Waals surface area contributed by atoms with Crippen LogP contribution >= 0.6 is 11.6 Å². The number of aromatic nitrogens is 5. The van der Waals surface area contributed by atoms with Crippen molar-refractivity contribution in [1.82, 2.24) is 28.3 Å². The lowest BCUT2D eigenvalue weighted by Gasteiger charge is -2.52. The van der Waals surface area contributed by atoms with Crippen molar-refractivity contribution in [3.05, 3.63) is 83.4 Å². The number of rotatable bonds is 6. The van der Waals surface area contributed by atoms with Crippen LogP contribution in [0.5, 0.6) is 0 Å². The molecule has 0 atom stereocenters. The molecule has 5 aromatic rings. The molecule has 0 amide bonds. The lowest BCUT2D eigenvalue weighted by molar-refractivity contribution is 0.0882. The molecule has 3 saturated carbocycles. The Hall–Kier alpha value is -3.32. The van der Waals surface area contributed by atoms with Crippen LogP contribution in [0.1, 0.15) is 49.9 Å². The first-order valence-electron chi connectivity index (χ1n) is 13.4. The van der Waals surface area contributed by atoms with Gasteiger partial charge in [-0.05, 0) is 87.9 Å². The third-order valence-corrected chi connectivity index (χ3v) is 12.3. The van der Waals surface area contributed by atoms with Gasteiger partial charge in [0.15, 0.2) is 11.3 Å². The van der Waals surface area contributed by atoms with E-state index in [0.717, 1.165) is 30.7 Å². The molecule has 0 spiro atoms. The molecule has 3 aromatic heterocycles. The summed E-state index contributed by atoms with van der Waals surface area (Å²) in [5.41, 5.74) is 1.59. The first kappa shape index (κ1) is 26.6. The minimum absolute atomic E-state index is 0.182. The van der Waals surface area contributed by atoms with Crippen molar-refractivity contribution in [2.24, 2.45) is 0 Å². The first-order chi connectivity index (χ1) is 19.5. The summed E-state index contributed by atoms with van der Waals surface area (Å²) < 4.78 is 59.5. The third kappa shape index (κ3) is 4.18. The Bertz CT molecular complexity index is 2010. The van der Waals surface area contributed by atoms with Crippen LogP contribution in [0.25, 0.3) is 16.8 Å². The molecule has 0 saturated heterocycles. The molecule has 13 heteroatoms. The number of halogens is 1. The van der Waals surface area contributed by atoms with E-state index in [4.69, 9.17) is 11.6 Å². The van der Waals surface area contributed by atoms with Crippen LogP contribution in [-0.2, 0) is 25.5 Å². The third-order valence-electron chi connectivity index (χ3n) is 8.81. The highest BCUT2D eigenvalue weighted by Gasteiger charge is 2.53. The van der Waals surface area contributed by atoms with Crippen molar-refractivity contribution in [3.63, 3.8) is 0 Å². The average molecular weight is 611 g/mol. The number of fused-ring (bicyclic) bond motifs is 6. The van der Waals surface area contributed by atoms with Crippen LogP contribution in [0.3, 0.4) is 0 Å². The molecular weight excluding hydrogens is 584 g/mol. The van der Waals surface area contributed by atoms with E-state index in [1.807, 2.05) is 11.3 Å². The van der Waals surface area contributed by atoms with Crippen molar-refractivity contribution < 1.29 is 16.8 Å². The first-order valence-corrected chi connectivity index (χ1v) is 16.7. The fraction of sp³-hybridized carbons (Fsp3) is 0.321. The Morgan fingerprint density at radius 2 is 1.46 bits per heavy atom. The largest absolute Gasteiger partial charge is 0.274 e. The molecule has 0 aliphatic heterocycles. The summed E-state index contributed by atoms with van der Waals surface area (Å²) in [4.78, 5) is 4.84. The monoisotopic (exact) mass is 610 g/mol. The van der Waals surface area contributed by atoms with E-state index in [1.54, 1.807) is 48.7 Å². The summed E-state index contributed by atoms with van der Waals surface area (Å²) in [6.45, 7) is 1.90. The Morgan fingerprint density at radius 3 is 2.12 bits per heavy atom. The van der Waals surface area contributed by atoms with Crippen LogP contribution in [0.4, 0.5) is 0 Å². The predicted molar refractivity (Wildman–Crippen MR) is 154 cm³/mol. The van der Waals surface area contributed by atoms with E-state index in [0.29, 0.717) is 41.1 Å². The second-order valence-corrected chi connectivity index (χ2v) is 15.2. The fourth-order valence-electron chi connectivity index (χ4n) is 6.42. The highest BCUT2D eigenvalue weighted by molar-refractivity contribution is 7.90. The zero-order valence-corrected chi connectivity index (χ0v) is 24.5. The van der Waals surface area contributed by atoms with Gasteiger partial charge < -0.3 is 0 Å². The summed E-state index contributed by atoms with van der Waals surface area (Å²) in [7, 11) is -7.57. The molecule has 10 nitrogen and oxygen atoms in total. The number of nitrogens with one attached hydrogen (secondary N) is 1. The molecule has 3 heterocycles. The van der Waals surface area contributed by atoms with Crippen LogP contribution in [0, 0.1) is 6.92 Å². The highest BCUT2D eigenvalue weighted by atomic mass is 35.5. The molecular formula is C28H27ClN6O4S2. The van der Waals surface area contributed by atoms with E-state index >= 15 is 0 Å². The van der Waals surface area contributed by atoms with E-state index < -0.39 is 25.6 Å². The molecule has 41 heavy (non-hydrogen) atoms. The molecule has 2 bridgehead atoms. The second-order valence-electron chi connectivity index (χ2n) is 11.2. The Kier molecular flexibility index (Phi) is 5.89. The zero-order chi connectivity index (χ0) is 28.6. The molecule has 3 fully saturated rings. The fourth-order valence-corrected chi connectivity index (χ4v) is 9.33. The summed E-state index contributed by atoms with van der Waals surface area (Å²) in [6, 6.07) is 14.6. The van der Waals surface area contributed by atoms with E-state index in [2.05, 4.69) is 19.9 Å². The second kappa shape index (κ2) is 9.09. The number of aryl methyl sites for hydroxylation is 1. The Labute approximate surface area is 242 Å². The van der Waals surface area contributed by atoms with Gasteiger partial charge in [0.1, 0.15) is 5.82 Å². The molecule has 212 valence electrons. The van der Waals surface area contributed by atoms with E-state index in [-0.39, 0.29) is 15.2 Å². The van der Waals surface area contributed by atoms with Crippen LogP contribution in [-0.4, -0.2) is 45.9 Å². The molecule has 3 aliphatic rings. The quantitative estimate of drug-likeness (QED) is 0.297. The maximum atomic E-state index is 13.5. The lowest BCUT2D eigenvalue weighted by atomic mass is 9.57. The minimum atomic E-state index is -3.86. The zero-order valence-electron chi connectivity index (χ0n) is 22.2. The van der Waals surface area contributed by atoms with Gasteiger partial charge in [0, 0.05) is 22.2 Å².